The zero-order chi connectivity index (χ0) is 13.3. The molecule has 1 aromatic carbocycles. The van der Waals surface area contributed by atoms with Gasteiger partial charge in [-0.15, -0.1) is 10.2 Å². The lowest BCUT2D eigenvalue weighted by Gasteiger charge is -2.14. The molecule has 18 heavy (non-hydrogen) atoms. The van der Waals surface area contributed by atoms with Crippen molar-refractivity contribution in [2.24, 2.45) is 5.73 Å². The van der Waals surface area contributed by atoms with Gasteiger partial charge in [-0.3, -0.25) is 0 Å². The molecule has 0 bridgehead atoms. The number of aromatic nitrogens is 3. The van der Waals surface area contributed by atoms with Crippen molar-refractivity contribution >= 4 is 11.6 Å². The predicted molar refractivity (Wildman–Crippen MR) is 73.5 cm³/mol. The molecule has 2 N–H and O–H groups in total. The molecule has 5 heteroatoms. The van der Waals surface area contributed by atoms with E-state index in [9.17, 15) is 0 Å². The molecule has 1 aromatic heterocycles. The zero-order valence-corrected chi connectivity index (χ0v) is 11.6. The largest absolute Gasteiger partial charge is 0.324 e. The lowest BCUT2D eigenvalue weighted by Crippen LogP contribution is -2.11. The number of hydrogen-bond donors (Lipinski definition) is 1. The maximum Gasteiger partial charge on any atom is 0.165 e. The molecule has 4 nitrogen and oxygen atoms in total. The van der Waals surface area contributed by atoms with Crippen LogP contribution in [0.5, 0.6) is 0 Å². The summed E-state index contributed by atoms with van der Waals surface area (Å²) in [5, 5.41) is 9.08. The fourth-order valence-electron chi connectivity index (χ4n) is 2.01. The second-order valence-corrected chi connectivity index (χ2v) is 4.92. The van der Waals surface area contributed by atoms with Crippen LogP contribution in [-0.4, -0.2) is 14.8 Å². The van der Waals surface area contributed by atoms with Gasteiger partial charge in [-0.25, -0.2) is 0 Å². The van der Waals surface area contributed by atoms with Crippen molar-refractivity contribution in [3.8, 4) is 11.4 Å². The third-order valence-corrected chi connectivity index (χ3v) is 3.40. The van der Waals surface area contributed by atoms with Crippen LogP contribution in [0.15, 0.2) is 18.2 Å². The average Bonchev–Trinajstić information content (AvgIpc) is 2.76. The summed E-state index contributed by atoms with van der Waals surface area (Å²) in [6.07, 6.45) is 0. The first-order valence-corrected chi connectivity index (χ1v) is 6.33. The van der Waals surface area contributed by atoms with E-state index in [2.05, 4.69) is 24.0 Å². The second kappa shape index (κ2) is 5.08. The Bertz CT molecular complexity index is 560. The Labute approximate surface area is 112 Å². The molecular weight excluding hydrogens is 248 g/mol. The van der Waals surface area contributed by atoms with Gasteiger partial charge in [0.05, 0.1) is 11.6 Å². The molecule has 1 heterocycles. The lowest BCUT2D eigenvalue weighted by atomic mass is 10.1. The van der Waals surface area contributed by atoms with Crippen LogP contribution in [-0.2, 0) is 6.54 Å². The van der Waals surface area contributed by atoms with Crippen LogP contribution in [0.3, 0.4) is 0 Å². The zero-order valence-electron chi connectivity index (χ0n) is 10.8. The highest BCUT2D eigenvalue weighted by Gasteiger charge is 2.17. The normalized spacial score (nSPS) is 11.2. The number of nitrogens with two attached hydrogens (primary N) is 1. The van der Waals surface area contributed by atoms with Gasteiger partial charge in [0.1, 0.15) is 5.82 Å². The predicted octanol–water partition coefficient (Wildman–Crippen LogP) is 2.95. The van der Waals surface area contributed by atoms with Crippen molar-refractivity contribution in [3.63, 3.8) is 0 Å². The Morgan fingerprint density at radius 2 is 2.06 bits per heavy atom. The van der Waals surface area contributed by atoms with Crippen LogP contribution < -0.4 is 5.73 Å². The second-order valence-electron chi connectivity index (χ2n) is 4.54. The molecule has 0 amide bonds. The van der Waals surface area contributed by atoms with E-state index in [-0.39, 0.29) is 6.04 Å². The van der Waals surface area contributed by atoms with Gasteiger partial charge in [0, 0.05) is 11.6 Å². The van der Waals surface area contributed by atoms with Crippen LogP contribution in [0.1, 0.15) is 31.3 Å². The molecule has 0 atom stereocenters. The summed E-state index contributed by atoms with van der Waals surface area (Å²) in [6, 6.07) is 6.15. The van der Waals surface area contributed by atoms with E-state index in [1.54, 1.807) is 0 Å². The van der Waals surface area contributed by atoms with Crippen molar-refractivity contribution in [1.82, 2.24) is 14.8 Å². The van der Waals surface area contributed by atoms with Crippen LogP contribution >= 0.6 is 11.6 Å². The molecule has 0 aliphatic heterocycles. The van der Waals surface area contributed by atoms with E-state index in [1.165, 1.54) is 0 Å². The number of aryl methyl sites for hydroxylation is 1. The maximum absolute atomic E-state index is 6.34. The van der Waals surface area contributed by atoms with E-state index in [0.717, 1.165) is 27.8 Å². The summed E-state index contributed by atoms with van der Waals surface area (Å²) in [6.45, 7) is 6.51. The summed E-state index contributed by atoms with van der Waals surface area (Å²) in [7, 11) is 0. The number of rotatable bonds is 3. The minimum atomic E-state index is 0.241. The number of nitrogens with zero attached hydrogens (tertiary/aromatic N) is 3. The molecule has 0 saturated carbocycles. The SMILES string of the molecule is Cc1cccc(-c2nnc(CN)n2C(C)C)c1Cl. The van der Waals surface area contributed by atoms with E-state index in [0.29, 0.717) is 6.54 Å². The molecule has 0 aliphatic carbocycles. The van der Waals surface area contributed by atoms with E-state index < -0.39 is 0 Å². The van der Waals surface area contributed by atoms with Crippen LogP contribution in [0.25, 0.3) is 11.4 Å². The molecule has 0 radical (unpaired) electrons. The monoisotopic (exact) mass is 264 g/mol. The molecule has 0 fully saturated rings. The lowest BCUT2D eigenvalue weighted by molar-refractivity contribution is 0.574. The van der Waals surface area contributed by atoms with Gasteiger partial charge in [0.2, 0.25) is 0 Å². The summed E-state index contributed by atoms with van der Waals surface area (Å²) in [5.74, 6) is 1.55. The van der Waals surface area contributed by atoms with Gasteiger partial charge in [-0.1, -0.05) is 23.7 Å². The standard InChI is InChI=1S/C13H17ClN4/c1-8(2)18-11(7-15)16-17-13(18)10-6-4-5-9(3)12(10)14/h4-6,8H,7,15H2,1-3H3. The molecule has 0 aliphatic rings. The summed E-state index contributed by atoms with van der Waals surface area (Å²) in [4.78, 5) is 0. The fraction of sp³-hybridized carbons (Fsp3) is 0.385. The third kappa shape index (κ3) is 2.13. The van der Waals surface area contributed by atoms with Crippen molar-refractivity contribution in [2.75, 3.05) is 0 Å². The average molecular weight is 265 g/mol. The van der Waals surface area contributed by atoms with Crippen molar-refractivity contribution in [1.29, 1.82) is 0 Å². The van der Waals surface area contributed by atoms with Gasteiger partial charge in [0.25, 0.3) is 0 Å². The Balaban J connectivity index is 2.64. The van der Waals surface area contributed by atoms with Gasteiger partial charge in [-0.2, -0.15) is 0 Å². The number of benzene rings is 1. The Hall–Kier alpha value is -1.39. The maximum atomic E-state index is 6.34. The highest BCUT2D eigenvalue weighted by atomic mass is 35.5. The quantitative estimate of drug-likeness (QED) is 0.927. The number of halogens is 1. The van der Waals surface area contributed by atoms with Crippen molar-refractivity contribution in [3.05, 3.63) is 34.6 Å². The highest BCUT2D eigenvalue weighted by molar-refractivity contribution is 6.33. The van der Waals surface area contributed by atoms with Crippen LogP contribution in [0, 0.1) is 6.92 Å². The third-order valence-electron chi connectivity index (χ3n) is 2.90. The number of hydrogen-bond acceptors (Lipinski definition) is 3. The minimum absolute atomic E-state index is 0.241. The van der Waals surface area contributed by atoms with Gasteiger partial charge < -0.3 is 10.3 Å². The van der Waals surface area contributed by atoms with Gasteiger partial charge in [-0.05, 0) is 32.4 Å². The van der Waals surface area contributed by atoms with Crippen LogP contribution in [0.4, 0.5) is 0 Å². The summed E-state index contributed by atoms with van der Waals surface area (Å²) in [5.41, 5.74) is 7.62. The van der Waals surface area contributed by atoms with E-state index >= 15 is 0 Å². The van der Waals surface area contributed by atoms with Crippen LogP contribution in [0.2, 0.25) is 5.02 Å². The first-order chi connectivity index (χ1) is 8.56. The summed E-state index contributed by atoms with van der Waals surface area (Å²) < 4.78 is 2.03. The topological polar surface area (TPSA) is 56.7 Å². The molecule has 96 valence electrons. The smallest absolute Gasteiger partial charge is 0.165 e. The fourth-order valence-corrected chi connectivity index (χ4v) is 2.22. The highest BCUT2D eigenvalue weighted by Crippen LogP contribution is 2.31. The molecule has 0 unspecified atom stereocenters. The van der Waals surface area contributed by atoms with Gasteiger partial charge in [0.15, 0.2) is 5.82 Å². The summed E-state index contributed by atoms with van der Waals surface area (Å²) >= 11 is 6.34. The van der Waals surface area contributed by atoms with Crippen molar-refractivity contribution < 1.29 is 0 Å². The first-order valence-electron chi connectivity index (χ1n) is 5.95. The Kier molecular flexibility index (Phi) is 3.68. The Morgan fingerprint density at radius 1 is 1.33 bits per heavy atom. The van der Waals surface area contributed by atoms with E-state index in [4.69, 9.17) is 17.3 Å². The molecular formula is C13H17ClN4. The molecule has 2 rings (SSSR count). The molecule has 0 saturated heterocycles. The van der Waals surface area contributed by atoms with Crippen molar-refractivity contribution in [2.45, 2.75) is 33.4 Å². The minimum Gasteiger partial charge on any atom is -0.324 e. The Morgan fingerprint density at radius 3 is 2.67 bits per heavy atom. The van der Waals surface area contributed by atoms with E-state index in [1.807, 2.05) is 29.7 Å². The molecule has 0 spiro atoms. The molecule has 2 aromatic rings. The first kappa shape index (κ1) is 13.1. The van der Waals surface area contributed by atoms with Gasteiger partial charge >= 0.3 is 0 Å².